The molecule has 2 aromatic carbocycles. The van der Waals surface area contributed by atoms with Crippen LogP contribution in [0.3, 0.4) is 0 Å². The Morgan fingerprint density at radius 2 is 1.36 bits per heavy atom. The number of rotatable bonds is 10. The number of ether oxygens (including phenoxy) is 5. The highest BCUT2D eigenvalue weighted by molar-refractivity contribution is 6.99. The smallest absolute Gasteiger partial charge is 0.303 e. The van der Waals surface area contributed by atoms with Crippen LogP contribution in [0.4, 0.5) is 0 Å². The number of carbonyl (C=O) groups excluding carboxylic acids is 3. The van der Waals surface area contributed by atoms with E-state index in [0.717, 1.165) is 10.4 Å². The van der Waals surface area contributed by atoms with Crippen molar-refractivity contribution >= 4 is 36.6 Å². The third-order valence-electron chi connectivity index (χ3n) is 7.38. The largest absolute Gasteiger partial charge is 0.463 e. The Labute approximate surface area is 249 Å². The van der Waals surface area contributed by atoms with Crippen LogP contribution >= 0.6 is 0 Å². The first-order valence-corrected chi connectivity index (χ1v) is 16.0. The zero-order chi connectivity index (χ0) is 31.3. The first kappa shape index (κ1) is 33.4. The lowest BCUT2D eigenvalue weighted by atomic mass is 9.86. The molecule has 1 saturated heterocycles. The number of hydrogen-bond acceptors (Lipinski definition) is 9. The molecule has 0 aliphatic carbocycles. The number of esters is 3. The summed E-state index contributed by atoms with van der Waals surface area (Å²) in [4.78, 5) is 36.6. The first-order valence-electron chi connectivity index (χ1n) is 14.1. The van der Waals surface area contributed by atoms with Gasteiger partial charge >= 0.3 is 17.9 Å². The summed E-state index contributed by atoms with van der Waals surface area (Å²) >= 11 is 0. The topological polar surface area (TPSA) is 107 Å². The second-order valence-electron chi connectivity index (χ2n) is 12.2. The average Bonchev–Trinajstić information content (AvgIpc) is 2.88. The zero-order valence-corrected chi connectivity index (χ0v) is 27.1. The van der Waals surface area contributed by atoms with Crippen molar-refractivity contribution in [3.8, 4) is 0 Å². The van der Waals surface area contributed by atoms with Crippen molar-refractivity contribution in [3.05, 3.63) is 60.7 Å². The summed E-state index contributed by atoms with van der Waals surface area (Å²) in [6.07, 6.45) is -2.98. The molecule has 0 spiro atoms. The summed E-state index contributed by atoms with van der Waals surface area (Å²) in [5.41, 5.74) is -1.51. The van der Waals surface area contributed by atoms with Crippen LogP contribution in [0.2, 0.25) is 5.04 Å². The monoisotopic (exact) mass is 600 g/mol. The van der Waals surface area contributed by atoms with E-state index >= 15 is 0 Å². The molecule has 0 saturated carbocycles. The number of carbonyl (C=O) groups is 3. The molecule has 1 aliphatic rings. The molecule has 0 aromatic heterocycles. The highest BCUT2D eigenvalue weighted by atomic mass is 28.4. The summed E-state index contributed by atoms with van der Waals surface area (Å²) in [6, 6.07) is 20.1. The van der Waals surface area contributed by atoms with E-state index in [9.17, 15) is 14.4 Å². The second-order valence-corrected chi connectivity index (χ2v) is 16.6. The Morgan fingerprint density at radius 1 is 0.833 bits per heavy atom. The minimum absolute atomic E-state index is 0.0647. The van der Waals surface area contributed by atoms with E-state index in [4.69, 9.17) is 28.1 Å². The zero-order valence-electron chi connectivity index (χ0n) is 26.1. The van der Waals surface area contributed by atoms with E-state index in [1.807, 2.05) is 36.4 Å². The van der Waals surface area contributed by atoms with Gasteiger partial charge in [0.05, 0.1) is 6.61 Å². The summed E-state index contributed by atoms with van der Waals surface area (Å²) in [7, 11) is -3.04. The van der Waals surface area contributed by atoms with Gasteiger partial charge in [0.2, 0.25) is 0 Å². The van der Waals surface area contributed by atoms with Crippen LogP contribution in [-0.4, -0.2) is 69.1 Å². The minimum Gasteiger partial charge on any atom is -0.463 e. The lowest BCUT2D eigenvalue weighted by Gasteiger charge is -2.53. The molecule has 0 bridgehead atoms. The van der Waals surface area contributed by atoms with E-state index in [1.54, 1.807) is 20.8 Å². The second kappa shape index (κ2) is 13.1. The van der Waals surface area contributed by atoms with Crippen LogP contribution < -0.4 is 10.4 Å². The third-order valence-corrected chi connectivity index (χ3v) is 12.4. The van der Waals surface area contributed by atoms with Crippen molar-refractivity contribution < 1.29 is 42.5 Å². The number of hydrogen-bond donors (Lipinski definition) is 0. The summed E-state index contributed by atoms with van der Waals surface area (Å²) < 4.78 is 36.6. The van der Waals surface area contributed by atoms with Gasteiger partial charge in [-0.05, 0) is 36.2 Å². The van der Waals surface area contributed by atoms with Crippen LogP contribution in [0.15, 0.2) is 60.7 Å². The van der Waals surface area contributed by atoms with E-state index in [2.05, 4.69) is 45.0 Å². The standard InChI is InChI=1S/C32H44O9Si/c1-22(33)36-21-28-32(9,39-24(3)35)29(41-31(7,8)40-28)27(38-23(2)34)20-37-42(30(4,5)6,25-16-12-10-13-17-25)26-18-14-11-15-19-26/h10-19,27-29H,20-21H2,1-9H3/t27-,28-,29+,32+/m1/s1. The van der Waals surface area contributed by atoms with Gasteiger partial charge in [-0.25, -0.2) is 0 Å². The molecule has 230 valence electrons. The molecule has 1 fully saturated rings. The Kier molecular flexibility index (Phi) is 10.4. The quantitative estimate of drug-likeness (QED) is 0.228. The maximum Gasteiger partial charge on any atom is 0.303 e. The van der Waals surface area contributed by atoms with E-state index < -0.39 is 55.9 Å². The van der Waals surface area contributed by atoms with Gasteiger partial charge in [0.15, 0.2) is 17.5 Å². The summed E-state index contributed by atoms with van der Waals surface area (Å²) in [6.45, 7) is 15.0. The van der Waals surface area contributed by atoms with Gasteiger partial charge in [-0.3, -0.25) is 14.4 Å². The maximum atomic E-state index is 12.5. The Morgan fingerprint density at radius 3 is 1.79 bits per heavy atom. The van der Waals surface area contributed by atoms with Crippen molar-refractivity contribution in [2.24, 2.45) is 0 Å². The average molecular weight is 601 g/mol. The van der Waals surface area contributed by atoms with Gasteiger partial charge in [0.1, 0.15) is 18.8 Å². The fourth-order valence-electron chi connectivity index (χ4n) is 5.73. The molecule has 0 amide bonds. The molecule has 0 radical (unpaired) electrons. The van der Waals surface area contributed by atoms with Gasteiger partial charge < -0.3 is 28.1 Å². The van der Waals surface area contributed by atoms with Gasteiger partial charge in [-0.15, -0.1) is 0 Å². The molecule has 1 aliphatic heterocycles. The summed E-state index contributed by atoms with van der Waals surface area (Å²) in [5, 5.41) is 1.76. The first-order chi connectivity index (χ1) is 19.5. The molecule has 1 heterocycles. The molecule has 0 unspecified atom stereocenters. The van der Waals surface area contributed by atoms with Crippen LogP contribution in [0.25, 0.3) is 0 Å². The Bertz CT molecular complexity index is 1190. The highest BCUT2D eigenvalue weighted by Gasteiger charge is 2.59. The van der Waals surface area contributed by atoms with Crippen molar-refractivity contribution in [3.63, 3.8) is 0 Å². The normalized spacial score (nSPS) is 23.0. The third kappa shape index (κ3) is 7.47. The summed E-state index contributed by atoms with van der Waals surface area (Å²) in [5.74, 6) is -2.88. The molecular formula is C32H44O9Si. The van der Waals surface area contributed by atoms with Gasteiger partial charge in [0, 0.05) is 20.8 Å². The SMILES string of the molecule is CC(=O)OC[C@H]1OC(C)(C)O[C@@H]([C@@H](CO[Si](c2ccccc2)(c2ccccc2)C(C)(C)C)OC(C)=O)[C@@]1(C)OC(C)=O. The Balaban J connectivity index is 2.15. The Hall–Kier alpha value is -3.05. The van der Waals surface area contributed by atoms with Gasteiger partial charge in [0.25, 0.3) is 8.32 Å². The lowest BCUT2D eigenvalue weighted by Crippen LogP contribution is -2.70. The molecule has 42 heavy (non-hydrogen) atoms. The molecule has 0 N–H and O–H groups in total. The van der Waals surface area contributed by atoms with E-state index in [-0.39, 0.29) is 18.3 Å². The molecule has 3 rings (SSSR count). The van der Waals surface area contributed by atoms with Crippen molar-refractivity contribution in [2.45, 2.75) is 97.1 Å². The van der Waals surface area contributed by atoms with Crippen LogP contribution in [0, 0.1) is 0 Å². The van der Waals surface area contributed by atoms with Crippen molar-refractivity contribution in [2.75, 3.05) is 13.2 Å². The van der Waals surface area contributed by atoms with Crippen molar-refractivity contribution in [1.82, 2.24) is 0 Å². The highest BCUT2D eigenvalue weighted by Crippen LogP contribution is 2.41. The van der Waals surface area contributed by atoms with Crippen LogP contribution in [0.1, 0.15) is 62.3 Å². The number of benzene rings is 2. The lowest BCUT2D eigenvalue weighted by molar-refractivity contribution is -0.376. The van der Waals surface area contributed by atoms with Crippen LogP contribution in [0.5, 0.6) is 0 Å². The fraction of sp³-hybridized carbons (Fsp3) is 0.531. The molecule has 9 nitrogen and oxygen atoms in total. The predicted octanol–water partition coefficient (Wildman–Crippen LogP) is 3.90. The van der Waals surface area contributed by atoms with Gasteiger partial charge in [-0.1, -0.05) is 81.4 Å². The minimum atomic E-state index is -3.04. The van der Waals surface area contributed by atoms with E-state index in [0.29, 0.717) is 0 Å². The predicted molar refractivity (Wildman–Crippen MR) is 160 cm³/mol. The molecule has 2 aromatic rings. The maximum absolute atomic E-state index is 12.5. The molecular weight excluding hydrogens is 556 g/mol. The fourth-order valence-corrected chi connectivity index (χ4v) is 10.3. The van der Waals surface area contributed by atoms with Crippen LogP contribution in [-0.2, 0) is 42.5 Å². The molecule has 10 heteroatoms. The van der Waals surface area contributed by atoms with Crippen molar-refractivity contribution in [1.29, 1.82) is 0 Å². The molecule has 4 atom stereocenters. The van der Waals surface area contributed by atoms with Gasteiger partial charge in [-0.2, -0.15) is 0 Å². The van der Waals surface area contributed by atoms with E-state index in [1.165, 1.54) is 20.8 Å².